The number of nitrogens with zero attached hydrogens (tertiary/aromatic N) is 2. The number of halogens is 2. The van der Waals surface area contributed by atoms with Crippen molar-refractivity contribution < 1.29 is 22.7 Å². The third-order valence-electron chi connectivity index (χ3n) is 4.69. The Labute approximate surface area is 214 Å². The van der Waals surface area contributed by atoms with E-state index in [4.69, 9.17) is 32.7 Å². The number of amides is 1. The normalized spacial score (nSPS) is 11.3. The lowest BCUT2D eigenvalue weighted by atomic mass is 10.2. The van der Waals surface area contributed by atoms with Gasteiger partial charge in [-0.1, -0.05) is 35.3 Å². The molecule has 35 heavy (non-hydrogen) atoms. The molecular formula is C24H23Cl2N3O5S. The van der Waals surface area contributed by atoms with Crippen molar-refractivity contribution in [1.29, 1.82) is 0 Å². The third kappa shape index (κ3) is 7.88. The van der Waals surface area contributed by atoms with E-state index >= 15 is 0 Å². The lowest BCUT2D eigenvalue weighted by Gasteiger charge is -2.21. The number of carbonyl (C=O) groups excluding carboxylic acids is 1. The predicted octanol–water partition coefficient (Wildman–Crippen LogP) is 4.50. The number of hydrazone groups is 1. The Bertz CT molecular complexity index is 1310. The molecule has 0 aliphatic carbocycles. The van der Waals surface area contributed by atoms with Crippen molar-refractivity contribution in [3.05, 3.63) is 87.9 Å². The topological polar surface area (TPSA) is 97.3 Å². The zero-order chi connectivity index (χ0) is 25.4. The van der Waals surface area contributed by atoms with E-state index in [1.165, 1.54) is 31.5 Å². The van der Waals surface area contributed by atoms with E-state index in [9.17, 15) is 13.2 Å². The number of nitrogens with one attached hydrogen (secondary N) is 1. The van der Waals surface area contributed by atoms with E-state index in [1.54, 1.807) is 30.3 Å². The summed E-state index contributed by atoms with van der Waals surface area (Å²) in [7, 11) is -2.31. The number of carbonyl (C=O) groups is 1. The average Bonchev–Trinajstić information content (AvgIpc) is 2.81. The highest BCUT2D eigenvalue weighted by Crippen LogP contribution is 2.30. The molecule has 3 aromatic rings. The summed E-state index contributed by atoms with van der Waals surface area (Å²) in [5.41, 5.74) is 4.22. The monoisotopic (exact) mass is 535 g/mol. The maximum atomic E-state index is 12.4. The van der Waals surface area contributed by atoms with Crippen LogP contribution in [0.3, 0.4) is 0 Å². The summed E-state index contributed by atoms with van der Waals surface area (Å²) in [6.07, 6.45) is 2.44. The van der Waals surface area contributed by atoms with Crippen LogP contribution in [0.5, 0.6) is 11.5 Å². The van der Waals surface area contributed by atoms with Crippen LogP contribution in [0.15, 0.2) is 71.8 Å². The quantitative estimate of drug-likeness (QED) is 0.304. The van der Waals surface area contributed by atoms with Crippen LogP contribution >= 0.6 is 23.2 Å². The van der Waals surface area contributed by atoms with Crippen LogP contribution in [0.25, 0.3) is 0 Å². The van der Waals surface area contributed by atoms with Gasteiger partial charge in [0.1, 0.15) is 24.7 Å². The first-order valence-corrected chi connectivity index (χ1v) is 12.9. The Morgan fingerprint density at radius 2 is 1.83 bits per heavy atom. The summed E-state index contributed by atoms with van der Waals surface area (Å²) in [6, 6.07) is 18.9. The first kappa shape index (κ1) is 26.3. The van der Waals surface area contributed by atoms with Gasteiger partial charge in [0, 0.05) is 5.02 Å². The summed E-state index contributed by atoms with van der Waals surface area (Å²) in [6.45, 7) is -0.102. The van der Waals surface area contributed by atoms with E-state index in [2.05, 4.69) is 10.5 Å². The average molecular weight is 536 g/mol. The van der Waals surface area contributed by atoms with E-state index in [1.807, 2.05) is 18.2 Å². The molecule has 3 aromatic carbocycles. The minimum atomic E-state index is -3.76. The van der Waals surface area contributed by atoms with Crippen molar-refractivity contribution in [3.63, 3.8) is 0 Å². The van der Waals surface area contributed by atoms with E-state index in [0.717, 1.165) is 16.1 Å². The second kappa shape index (κ2) is 11.9. The molecule has 0 aliphatic rings. The minimum Gasteiger partial charge on any atom is -0.495 e. The van der Waals surface area contributed by atoms with E-state index in [0.29, 0.717) is 28.7 Å². The maximum Gasteiger partial charge on any atom is 0.260 e. The van der Waals surface area contributed by atoms with Gasteiger partial charge in [0.15, 0.2) is 0 Å². The second-order valence-corrected chi connectivity index (χ2v) is 10.1. The zero-order valence-corrected chi connectivity index (χ0v) is 21.3. The Balaban J connectivity index is 1.57. The van der Waals surface area contributed by atoms with Crippen molar-refractivity contribution in [1.82, 2.24) is 5.43 Å². The van der Waals surface area contributed by atoms with Crippen LogP contribution in [0, 0.1) is 0 Å². The van der Waals surface area contributed by atoms with Gasteiger partial charge < -0.3 is 9.47 Å². The second-order valence-electron chi connectivity index (χ2n) is 7.37. The molecule has 184 valence electrons. The third-order valence-corrected chi connectivity index (χ3v) is 6.36. The van der Waals surface area contributed by atoms with Gasteiger partial charge in [0.25, 0.3) is 5.91 Å². The number of benzene rings is 3. The van der Waals surface area contributed by atoms with Gasteiger partial charge in [-0.15, -0.1) is 0 Å². The van der Waals surface area contributed by atoms with Crippen LogP contribution < -0.4 is 19.2 Å². The van der Waals surface area contributed by atoms with Gasteiger partial charge in [-0.2, -0.15) is 5.10 Å². The fourth-order valence-electron chi connectivity index (χ4n) is 3.00. The Hall–Kier alpha value is -3.27. The van der Waals surface area contributed by atoms with Gasteiger partial charge in [-0.3, -0.25) is 9.10 Å². The molecule has 1 amide bonds. The first-order valence-electron chi connectivity index (χ1n) is 10.3. The Morgan fingerprint density at radius 3 is 2.46 bits per heavy atom. The summed E-state index contributed by atoms with van der Waals surface area (Å²) >= 11 is 12.1. The molecule has 0 heterocycles. The fourth-order valence-corrected chi connectivity index (χ4v) is 4.31. The molecule has 0 atom stereocenters. The molecule has 0 aliphatic heterocycles. The molecule has 0 saturated heterocycles. The Kier molecular flexibility index (Phi) is 8.97. The molecule has 11 heteroatoms. The molecule has 3 rings (SSSR count). The van der Waals surface area contributed by atoms with Crippen molar-refractivity contribution in [2.75, 3.05) is 24.2 Å². The summed E-state index contributed by atoms with van der Waals surface area (Å²) in [5, 5.41) is 4.77. The number of anilines is 1. The Morgan fingerprint density at radius 1 is 1.09 bits per heavy atom. The van der Waals surface area contributed by atoms with Gasteiger partial charge in [-0.05, 0) is 65.7 Å². The van der Waals surface area contributed by atoms with Crippen molar-refractivity contribution in [2.45, 2.75) is 6.61 Å². The van der Waals surface area contributed by atoms with Crippen LogP contribution in [-0.4, -0.2) is 40.4 Å². The van der Waals surface area contributed by atoms with Crippen LogP contribution in [0.4, 0.5) is 5.69 Å². The highest BCUT2D eigenvalue weighted by atomic mass is 35.5. The molecule has 0 bridgehead atoms. The molecule has 0 fully saturated rings. The van der Waals surface area contributed by atoms with Gasteiger partial charge in [-0.25, -0.2) is 13.8 Å². The van der Waals surface area contributed by atoms with Crippen LogP contribution in [0.1, 0.15) is 11.1 Å². The van der Waals surface area contributed by atoms with E-state index < -0.39 is 22.5 Å². The van der Waals surface area contributed by atoms with Crippen molar-refractivity contribution in [3.8, 4) is 11.5 Å². The first-order chi connectivity index (χ1) is 16.7. The number of sulfonamides is 1. The van der Waals surface area contributed by atoms with Crippen LogP contribution in [0.2, 0.25) is 10.0 Å². The van der Waals surface area contributed by atoms with Gasteiger partial charge in [0.2, 0.25) is 10.0 Å². The predicted molar refractivity (Wildman–Crippen MR) is 138 cm³/mol. The SMILES string of the molecule is COc1ccc(N(CC(=O)N/N=C\c2ccc(OCc3cccc(Cl)c3)cc2)S(C)(=O)=O)cc1Cl. The minimum absolute atomic E-state index is 0.220. The molecule has 0 unspecified atom stereocenters. The van der Waals surface area contributed by atoms with Gasteiger partial charge in [0.05, 0.1) is 30.3 Å². The smallest absolute Gasteiger partial charge is 0.260 e. The lowest BCUT2D eigenvalue weighted by molar-refractivity contribution is -0.119. The number of ether oxygens (including phenoxy) is 2. The largest absolute Gasteiger partial charge is 0.495 e. The molecular weight excluding hydrogens is 513 g/mol. The molecule has 0 radical (unpaired) electrons. The van der Waals surface area contributed by atoms with Crippen molar-refractivity contribution in [2.24, 2.45) is 5.10 Å². The zero-order valence-electron chi connectivity index (χ0n) is 18.9. The molecule has 8 nitrogen and oxygen atoms in total. The maximum absolute atomic E-state index is 12.4. The standard InChI is InChI=1S/C24H23Cl2N3O5S/c1-33-23-11-8-20(13-22(23)26)29(35(2,31)32)15-24(30)28-27-14-17-6-9-21(10-7-17)34-16-18-4-3-5-19(25)12-18/h3-14H,15-16H2,1-2H3,(H,28,30)/b27-14-. The number of rotatable bonds is 10. The molecule has 1 N–H and O–H groups in total. The van der Waals surface area contributed by atoms with E-state index in [-0.39, 0.29) is 10.7 Å². The number of hydrogen-bond acceptors (Lipinski definition) is 6. The number of methoxy groups -OCH3 is 1. The summed E-state index contributed by atoms with van der Waals surface area (Å²) in [5.74, 6) is 0.423. The number of hydrogen-bond donors (Lipinski definition) is 1. The van der Waals surface area contributed by atoms with Gasteiger partial charge >= 0.3 is 0 Å². The highest BCUT2D eigenvalue weighted by molar-refractivity contribution is 7.92. The fraction of sp³-hybridized carbons (Fsp3) is 0.167. The summed E-state index contributed by atoms with van der Waals surface area (Å²) in [4.78, 5) is 12.4. The summed E-state index contributed by atoms with van der Waals surface area (Å²) < 4.78 is 36.2. The molecule has 0 saturated carbocycles. The van der Waals surface area contributed by atoms with Crippen LogP contribution in [-0.2, 0) is 21.4 Å². The lowest BCUT2D eigenvalue weighted by Crippen LogP contribution is -2.39. The molecule has 0 aromatic heterocycles. The van der Waals surface area contributed by atoms with Crippen molar-refractivity contribution >= 4 is 51.0 Å². The highest BCUT2D eigenvalue weighted by Gasteiger charge is 2.21. The molecule has 0 spiro atoms.